The van der Waals surface area contributed by atoms with E-state index in [-0.39, 0.29) is 23.9 Å². The maximum Gasteiger partial charge on any atom is 0.345 e. The number of rotatable bonds is 0. The molecule has 2 rings (SSSR count). The van der Waals surface area contributed by atoms with Gasteiger partial charge in [-0.3, -0.25) is 4.79 Å². The maximum atomic E-state index is 11.7. The van der Waals surface area contributed by atoms with Crippen molar-refractivity contribution in [2.45, 2.75) is 45.3 Å². The second-order valence-electron chi connectivity index (χ2n) is 4.68. The highest BCUT2D eigenvalue weighted by Crippen LogP contribution is 2.34. The molecular weight excluding hydrogens is 196 g/mol. The van der Waals surface area contributed by atoms with Crippen LogP contribution in [0.15, 0.2) is 11.3 Å². The molecule has 0 fully saturated rings. The Labute approximate surface area is 88.2 Å². The summed E-state index contributed by atoms with van der Waals surface area (Å²) >= 11 is 0. The zero-order valence-corrected chi connectivity index (χ0v) is 9.12. The highest BCUT2D eigenvalue weighted by Gasteiger charge is 2.41. The van der Waals surface area contributed by atoms with Crippen LogP contribution < -0.4 is 0 Å². The topological polar surface area (TPSA) is 52.6 Å². The fourth-order valence-electron chi connectivity index (χ4n) is 1.97. The lowest BCUT2D eigenvalue weighted by atomic mass is 9.90. The van der Waals surface area contributed by atoms with Crippen molar-refractivity contribution < 1.29 is 19.1 Å². The molecule has 2 aliphatic heterocycles. The SMILES string of the molecule is CC1CC2=C(C(=O)CC(C)(C)O2)C(=O)O1. The molecule has 2 aliphatic rings. The van der Waals surface area contributed by atoms with Gasteiger partial charge < -0.3 is 9.47 Å². The minimum atomic E-state index is -0.538. The van der Waals surface area contributed by atoms with Gasteiger partial charge in [-0.1, -0.05) is 0 Å². The molecular formula is C11H14O4. The van der Waals surface area contributed by atoms with Crippen molar-refractivity contribution in [3.05, 3.63) is 11.3 Å². The Balaban J connectivity index is 2.40. The molecule has 0 aliphatic carbocycles. The lowest BCUT2D eigenvalue weighted by Crippen LogP contribution is -2.40. The van der Waals surface area contributed by atoms with Crippen molar-refractivity contribution >= 4 is 11.8 Å². The molecule has 82 valence electrons. The molecule has 0 saturated heterocycles. The number of Topliss-reactive ketones (excluding diaryl/α,β-unsaturated/α-hetero) is 1. The summed E-state index contributed by atoms with van der Waals surface area (Å²) in [6, 6.07) is 0. The first-order valence-corrected chi connectivity index (χ1v) is 5.05. The van der Waals surface area contributed by atoms with Gasteiger partial charge in [0.05, 0.1) is 6.42 Å². The summed E-state index contributed by atoms with van der Waals surface area (Å²) in [5, 5.41) is 0. The normalized spacial score (nSPS) is 29.4. The minimum Gasteiger partial charge on any atom is -0.491 e. The Bertz CT molecular complexity index is 365. The average molecular weight is 210 g/mol. The number of hydrogen-bond acceptors (Lipinski definition) is 4. The van der Waals surface area contributed by atoms with Crippen molar-refractivity contribution in [3.8, 4) is 0 Å². The van der Waals surface area contributed by atoms with Crippen LogP contribution in [0.3, 0.4) is 0 Å². The third-order valence-electron chi connectivity index (χ3n) is 2.53. The smallest absolute Gasteiger partial charge is 0.345 e. The van der Waals surface area contributed by atoms with E-state index in [1.165, 1.54) is 0 Å². The van der Waals surface area contributed by atoms with E-state index < -0.39 is 11.6 Å². The van der Waals surface area contributed by atoms with E-state index in [9.17, 15) is 9.59 Å². The average Bonchev–Trinajstić information content (AvgIpc) is 1.97. The Kier molecular flexibility index (Phi) is 2.10. The molecule has 0 bridgehead atoms. The van der Waals surface area contributed by atoms with Crippen molar-refractivity contribution in [2.75, 3.05) is 0 Å². The number of esters is 1. The second kappa shape index (κ2) is 3.08. The molecule has 4 heteroatoms. The maximum absolute atomic E-state index is 11.7. The fraction of sp³-hybridized carbons (Fsp3) is 0.636. The summed E-state index contributed by atoms with van der Waals surface area (Å²) in [6.45, 7) is 5.48. The molecule has 0 spiro atoms. The number of carbonyl (C=O) groups excluding carboxylic acids is 2. The predicted molar refractivity (Wildman–Crippen MR) is 52.0 cm³/mol. The largest absolute Gasteiger partial charge is 0.491 e. The Morgan fingerprint density at radius 1 is 1.33 bits per heavy atom. The molecule has 1 atom stereocenters. The van der Waals surface area contributed by atoms with E-state index >= 15 is 0 Å². The van der Waals surface area contributed by atoms with Crippen LogP contribution in [0, 0.1) is 0 Å². The van der Waals surface area contributed by atoms with E-state index in [1.807, 2.05) is 13.8 Å². The summed E-state index contributed by atoms with van der Waals surface area (Å²) in [5.41, 5.74) is -0.389. The molecule has 15 heavy (non-hydrogen) atoms. The molecule has 2 heterocycles. The fourth-order valence-corrected chi connectivity index (χ4v) is 1.97. The summed E-state index contributed by atoms with van der Waals surface area (Å²) in [5.74, 6) is -0.206. The third-order valence-corrected chi connectivity index (χ3v) is 2.53. The van der Waals surface area contributed by atoms with Gasteiger partial charge in [0.1, 0.15) is 23.0 Å². The first kappa shape index (κ1) is 10.2. The van der Waals surface area contributed by atoms with Crippen molar-refractivity contribution in [2.24, 2.45) is 0 Å². The minimum absolute atomic E-state index is 0.118. The monoisotopic (exact) mass is 210 g/mol. The lowest BCUT2D eigenvalue weighted by Gasteiger charge is -2.36. The number of cyclic esters (lactones) is 1. The highest BCUT2D eigenvalue weighted by atomic mass is 16.6. The quantitative estimate of drug-likeness (QED) is 0.447. The van der Waals surface area contributed by atoms with E-state index in [0.29, 0.717) is 12.2 Å². The van der Waals surface area contributed by atoms with Gasteiger partial charge in [-0.25, -0.2) is 4.79 Å². The van der Waals surface area contributed by atoms with E-state index in [2.05, 4.69) is 0 Å². The van der Waals surface area contributed by atoms with Crippen LogP contribution in [0.1, 0.15) is 33.6 Å². The molecule has 0 aromatic heterocycles. The van der Waals surface area contributed by atoms with Crippen LogP contribution in [0.5, 0.6) is 0 Å². The van der Waals surface area contributed by atoms with E-state index in [4.69, 9.17) is 9.47 Å². The van der Waals surface area contributed by atoms with Crippen LogP contribution in [-0.4, -0.2) is 23.5 Å². The van der Waals surface area contributed by atoms with Gasteiger partial charge in [0.15, 0.2) is 5.78 Å². The molecule has 0 amide bonds. The van der Waals surface area contributed by atoms with E-state index in [0.717, 1.165) is 0 Å². The molecule has 0 saturated carbocycles. The van der Waals surface area contributed by atoms with Gasteiger partial charge in [0, 0.05) is 6.42 Å². The summed E-state index contributed by atoms with van der Waals surface area (Å²) in [6.07, 6.45) is 0.518. The molecule has 0 N–H and O–H groups in total. The first-order chi connectivity index (χ1) is 6.89. The predicted octanol–water partition coefficient (Wildman–Crippen LogP) is 1.34. The van der Waals surface area contributed by atoms with Gasteiger partial charge in [-0.05, 0) is 20.8 Å². The highest BCUT2D eigenvalue weighted by molar-refractivity contribution is 6.18. The number of hydrogen-bond donors (Lipinski definition) is 0. The summed E-state index contributed by atoms with van der Waals surface area (Å²) in [7, 11) is 0. The standard InChI is InChI=1S/C11H14O4/c1-6-4-8-9(10(13)14-6)7(12)5-11(2,3)15-8/h6H,4-5H2,1-3H3. The molecule has 1 unspecified atom stereocenters. The van der Waals surface area contributed by atoms with Crippen LogP contribution in [0.25, 0.3) is 0 Å². The third kappa shape index (κ3) is 1.76. The summed E-state index contributed by atoms with van der Waals surface area (Å²) in [4.78, 5) is 23.2. The molecule has 0 radical (unpaired) electrons. The van der Waals surface area contributed by atoms with Gasteiger partial charge in [0.25, 0.3) is 0 Å². The summed E-state index contributed by atoms with van der Waals surface area (Å²) < 4.78 is 10.6. The Hall–Kier alpha value is -1.32. The van der Waals surface area contributed by atoms with E-state index in [1.54, 1.807) is 6.92 Å². The number of ether oxygens (including phenoxy) is 2. The number of ketones is 1. The first-order valence-electron chi connectivity index (χ1n) is 5.05. The van der Waals surface area contributed by atoms with Gasteiger partial charge in [-0.15, -0.1) is 0 Å². The van der Waals surface area contributed by atoms with Gasteiger partial charge >= 0.3 is 5.97 Å². The Morgan fingerprint density at radius 3 is 2.67 bits per heavy atom. The molecule has 0 aromatic rings. The van der Waals surface area contributed by atoms with Gasteiger partial charge in [0.2, 0.25) is 0 Å². The van der Waals surface area contributed by atoms with Crippen LogP contribution in [0.2, 0.25) is 0 Å². The van der Waals surface area contributed by atoms with Crippen molar-refractivity contribution in [1.29, 1.82) is 0 Å². The van der Waals surface area contributed by atoms with Gasteiger partial charge in [-0.2, -0.15) is 0 Å². The van der Waals surface area contributed by atoms with Crippen LogP contribution in [-0.2, 0) is 19.1 Å². The molecule has 4 nitrogen and oxygen atoms in total. The molecule has 0 aromatic carbocycles. The van der Waals surface area contributed by atoms with Crippen molar-refractivity contribution in [1.82, 2.24) is 0 Å². The van der Waals surface area contributed by atoms with Crippen molar-refractivity contribution in [3.63, 3.8) is 0 Å². The number of carbonyl (C=O) groups is 2. The second-order valence-corrected chi connectivity index (χ2v) is 4.68. The zero-order valence-electron chi connectivity index (χ0n) is 9.12. The zero-order chi connectivity index (χ0) is 11.2. The lowest BCUT2D eigenvalue weighted by molar-refractivity contribution is -0.151. The van der Waals surface area contributed by atoms with Crippen LogP contribution >= 0.6 is 0 Å². The Morgan fingerprint density at radius 2 is 2.00 bits per heavy atom. The van der Waals surface area contributed by atoms with Crippen LogP contribution in [0.4, 0.5) is 0 Å².